The maximum atomic E-state index is 12.2. The highest BCUT2D eigenvalue weighted by atomic mass is 16.4. The molecule has 132 valence electrons. The van der Waals surface area contributed by atoms with E-state index in [2.05, 4.69) is 5.32 Å². The van der Waals surface area contributed by atoms with Crippen LogP contribution in [0.3, 0.4) is 0 Å². The van der Waals surface area contributed by atoms with E-state index in [-0.39, 0.29) is 30.3 Å². The normalized spacial score (nSPS) is 13.0. The van der Waals surface area contributed by atoms with E-state index >= 15 is 0 Å². The lowest BCUT2D eigenvalue weighted by molar-refractivity contribution is -0.141. The number of carbonyl (C=O) groups is 2. The largest absolute Gasteiger partial charge is 0.508 e. The average Bonchev–Trinajstić information content (AvgIpc) is 2.54. The monoisotopic (exact) mass is 343 g/mol. The minimum absolute atomic E-state index is 0.0247. The number of carboxylic acid groups (broad SMARTS) is 1. The van der Waals surface area contributed by atoms with Gasteiger partial charge in [-0.2, -0.15) is 0 Å². The van der Waals surface area contributed by atoms with Gasteiger partial charge in [-0.3, -0.25) is 4.79 Å². The molecule has 0 spiro atoms. The maximum absolute atomic E-state index is 12.2. The van der Waals surface area contributed by atoms with Gasteiger partial charge >= 0.3 is 5.97 Å². The van der Waals surface area contributed by atoms with Crippen LogP contribution >= 0.6 is 0 Å². The summed E-state index contributed by atoms with van der Waals surface area (Å²) in [5, 5.41) is 31.0. The van der Waals surface area contributed by atoms with Crippen molar-refractivity contribution >= 4 is 11.9 Å². The van der Waals surface area contributed by atoms with E-state index in [9.17, 15) is 24.9 Å². The molecule has 2 atom stereocenters. The van der Waals surface area contributed by atoms with Crippen molar-refractivity contribution in [2.75, 3.05) is 0 Å². The Bertz CT molecular complexity index is 745. The summed E-state index contributed by atoms with van der Waals surface area (Å²) < 4.78 is 0. The molecule has 0 saturated heterocycles. The lowest BCUT2D eigenvalue weighted by Gasteiger charge is -2.17. The van der Waals surface area contributed by atoms with Crippen LogP contribution in [0.2, 0.25) is 0 Å². The van der Waals surface area contributed by atoms with E-state index in [1.807, 2.05) is 18.2 Å². The Morgan fingerprint density at radius 3 is 2.36 bits per heavy atom. The van der Waals surface area contributed by atoms with Gasteiger partial charge in [-0.15, -0.1) is 0 Å². The molecular weight excluding hydrogens is 322 g/mol. The minimum atomic E-state index is -1.10. The summed E-state index contributed by atoms with van der Waals surface area (Å²) in [4.78, 5) is 23.6. The molecule has 1 unspecified atom stereocenters. The highest BCUT2D eigenvalue weighted by molar-refractivity contribution is 5.84. The fourth-order valence-corrected chi connectivity index (χ4v) is 2.64. The third-order valence-corrected chi connectivity index (χ3v) is 3.95. The maximum Gasteiger partial charge on any atom is 0.326 e. The Kier molecular flexibility index (Phi) is 6.00. The molecule has 6 nitrogen and oxygen atoms in total. The number of hydrogen-bond donors (Lipinski definition) is 4. The Morgan fingerprint density at radius 1 is 1.08 bits per heavy atom. The third-order valence-electron chi connectivity index (χ3n) is 3.95. The van der Waals surface area contributed by atoms with E-state index in [1.54, 1.807) is 25.1 Å². The van der Waals surface area contributed by atoms with Crippen LogP contribution in [0, 0.1) is 0 Å². The second kappa shape index (κ2) is 8.19. The minimum Gasteiger partial charge on any atom is -0.508 e. The van der Waals surface area contributed by atoms with E-state index < -0.39 is 17.9 Å². The number of benzene rings is 2. The van der Waals surface area contributed by atoms with Gasteiger partial charge in [-0.25, -0.2) is 4.79 Å². The van der Waals surface area contributed by atoms with Crippen molar-refractivity contribution in [1.82, 2.24) is 5.32 Å². The topological polar surface area (TPSA) is 107 Å². The fourth-order valence-electron chi connectivity index (χ4n) is 2.64. The number of phenols is 2. The predicted molar refractivity (Wildman–Crippen MR) is 92.5 cm³/mol. The van der Waals surface area contributed by atoms with Gasteiger partial charge < -0.3 is 20.6 Å². The van der Waals surface area contributed by atoms with Crippen molar-refractivity contribution in [2.45, 2.75) is 31.7 Å². The molecule has 0 aliphatic carbocycles. The summed E-state index contributed by atoms with van der Waals surface area (Å²) in [7, 11) is 0. The first-order valence-electron chi connectivity index (χ1n) is 7.94. The third kappa shape index (κ3) is 5.24. The van der Waals surface area contributed by atoms with Crippen LogP contribution in [0.1, 0.15) is 30.4 Å². The smallest absolute Gasteiger partial charge is 0.326 e. The van der Waals surface area contributed by atoms with Gasteiger partial charge in [0, 0.05) is 18.9 Å². The molecule has 2 aromatic carbocycles. The molecule has 2 rings (SSSR count). The molecule has 4 N–H and O–H groups in total. The second-order valence-corrected chi connectivity index (χ2v) is 6.00. The fraction of sp³-hybridized carbons (Fsp3) is 0.263. The van der Waals surface area contributed by atoms with Crippen LogP contribution in [-0.4, -0.2) is 33.2 Å². The Hall–Kier alpha value is -3.02. The summed E-state index contributed by atoms with van der Waals surface area (Å²) in [5.41, 5.74) is 1.34. The second-order valence-electron chi connectivity index (χ2n) is 6.00. The van der Waals surface area contributed by atoms with Crippen LogP contribution in [0.4, 0.5) is 0 Å². The highest BCUT2D eigenvalue weighted by Crippen LogP contribution is 2.30. The van der Waals surface area contributed by atoms with E-state index in [0.717, 1.165) is 5.56 Å². The first kappa shape index (κ1) is 18.3. The molecule has 0 bridgehead atoms. The lowest BCUT2D eigenvalue weighted by atomic mass is 9.96. The molecular formula is C19H21NO5. The van der Waals surface area contributed by atoms with Gasteiger partial charge in [0.2, 0.25) is 5.91 Å². The molecule has 6 heteroatoms. The SMILES string of the molecule is CC(CC(=O)N[C@H](Cc1ccccc1)C(=O)O)c1ccc(O)cc1O. The lowest BCUT2D eigenvalue weighted by Crippen LogP contribution is -2.42. The van der Waals surface area contributed by atoms with Crippen LogP contribution in [-0.2, 0) is 16.0 Å². The number of carboxylic acids is 1. The first-order chi connectivity index (χ1) is 11.9. The number of phenolic OH excluding ortho intramolecular Hbond substituents is 2. The highest BCUT2D eigenvalue weighted by Gasteiger charge is 2.22. The number of nitrogens with one attached hydrogen (secondary N) is 1. The zero-order valence-electron chi connectivity index (χ0n) is 13.8. The Balaban J connectivity index is 2.00. The summed E-state index contributed by atoms with van der Waals surface area (Å²) in [5.74, 6) is -2.00. The summed E-state index contributed by atoms with van der Waals surface area (Å²) in [6.45, 7) is 1.75. The van der Waals surface area contributed by atoms with Crippen molar-refractivity contribution in [3.63, 3.8) is 0 Å². The van der Waals surface area contributed by atoms with Gasteiger partial charge in [0.05, 0.1) is 0 Å². The zero-order valence-corrected chi connectivity index (χ0v) is 13.8. The Labute approximate surface area is 145 Å². The number of rotatable bonds is 7. The van der Waals surface area contributed by atoms with Gasteiger partial charge in [0.25, 0.3) is 0 Å². The summed E-state index contributed by atoms with van der Waals surface area (Å²) >= 11 is 0. The molecule has 0 aromatic heterocycles. The van der Waals surface area contributed by atoms with Gasteiger partial charge in [-0.05, 0) is 23.1 Å². The number of carbonyl (C=O) groups excluding carboxylic acids is 1. The van der Waals surface area contributed by atoms with Crippen molar-refractivity contribution in [3.05, 3.63) is 59.7 Å². The molecule has 25 heavy (non-hydrogen) atoms. The predicted octanol–water partition coefficient (Wildman–Crippen LogP) is 2.40. The molecule has 0 heterocycles. The van der Waals surface area contributed by atoms with Crippen molar-refractivity contribution in [2.24, 2.45) is 0 Å². The molecule has 0 aliphatic rings. The molecule has 0 radical (unpaired) electrons. The molecule has 0 saturated carbocycles. The van der Waals surface area contributed by atoms with Gasteiger partial charge in [0.1, 0.15) is 17.5 Å². The van der Waals surface area contributed by atoms with Crippen molar-refractivity contribution < 1.29 is 24.9 Å². The average molecular weight is 343 g/mol. The van der Waals surface area contributed by atoms with E-state index in [0.29, 0.717) is 5.56 Å². The van der Waals surface area contributed by atoms with Crippen LogP contribution < -0.4 is 5.32 Å². The van der Waals surface area contributed by atoms with Gasteiger partial charge in [-0.1, -0.05) is 43.3 Å². The van der Waals surface area contributed by atoms with Crippen molar-refractivity contribution in [1.29, 1.82) is 0 Å². The van der Waals surface area contributed by atoms with E-state index in [4.69, 9.17) is 0 Å². The number of aliphatic carboxylic acids is 1. The van der Waals surface area contributed by atoms with Crippen LogP contribution in [0.15, 0.2) is 48.5 Å². The van der Waals surface area contributed by atoms with Gasteiger partial charge in [0.15, 0.2) is 0 Å². The molecule has 0 fully saturated rings. The van der Waals surface area contributed by atoms with E-state index in [1.165, 1.54) is 12.1 Å². The molecule has 2 aromatic rings. The molecule has 1 amide bonds. The van der Waals surface area contributed by atoms with Crippen LogP contribution in [0.5, 0.6) is 11.5 Å². The van der Waals surface area contributed by atoms with Crippen LogP contribution in [0.25, 0.3) is 0 Å². The zero-order chi connectivity index (χ0) is 18.4. The Morgan fingerprint density at radius 2 is 1.76 bits per heavy atom. The number of aromatic hydroxyl groups is 2. The standard InChI is InChI=1S/C19H21NO5/c1-12(15-8-7-14(21)11-17(15)22)9-18(23)20-16(19(24)25)10-13-5-3-2-4-6-13/h2-8,11-12,16,21-22H,9-10H2,1H3,(H,20,23)(H,24,25)/t12?,16-/m1/s1. The van der Waals surface area contributed by atoms with Crippen molar-refractivity contribution in [3.8, 4) is 11.5 Å². The summed E-state index contributed by atoms with van der Waals surface area (Å²) in [6.07, 6.45) is 0.220. The number of amides is 1. The molecule has 0 aliphatic heterocycles. The number of hydrogen-bond acceptors (Lipinski definition) is 4. The summed E-state index contributed by atoms with van der Waals surface area (Å²) in [6, 6.07) is 12.2. The first-order valence-corrected chi connectivity index (χ1v) is 7.94. The quantitative estimate of drug-likeness (QED) is 0.617.